The summed E-state index contributed by atoms with van der Waals surface area (Å²) < 4.78 is 0. The number of hydrogen-bond acceptors (Lipinski definition) is 3. The molecule has 18 heavy (non-hydrogen) atoms. The summed E-state index contributed by atoms with van der Waals surface area (Å²) >= 11 is 0. The molecule has 1 saturated carbocycles. The van der Waals surface area contributed by atoms with Gasteiger partial charge in [0.1, 0.15) is 0 Å². The lowest BCUT2D eigenvalue weighted by atomic mass is 10.1. The minimum absolute atomic E-state index is 0.432. The molecule has 0 spiro atoms. The normalized spacial score (nSPS) is 16.9. The standard InChI is InChI=1S/C15H24N2O/c1-4-15(18)14-8-7-13(9-16-14)17(10-11(2)3)12-5-6-12/h7-9,11-12,15,18H,4-6,10H2,1-3H3/t15-/m1/s1. The zero-order valence-electron chi connectivity index (χ0n) is 11.6. The maximum absolute atomic E-state index is 9.75. The van der Waals surface area contributed by atoms with Crippen molar-refractivity contribution in [3.8, 4) is 0 Å². The zero-order chi connectivity index (χ0) is 13.1. The van der Waals surface area contributed by atoms with Crippen LogP contribution in [-0.2, 0) is 0 Å². The van der Waals surface area contributed by atoms with Crippen molar-refractivity contribution in [2.75, 3.05) is 11.4 Å². The van der Waals surface area contributed by atoms with Crippen molar-refractivity contribution in [1.29, 1.82) is 0 Å². The second-order valence-corrected chi connectivity index (χ2v) is 5.64. The van der Waals surface area contributed by atoms with Gasteiger partial charge >= 0.3 is 0 Å². The first kappa shape index (κ1) is 13.3. The molecule has 1 aliphatic rings. The van der Waals surface area contributed by atoms with Crippen molar-refractivity contribution in [3.05, 3.63) is 24.0 Å². The predicted octanol–water partition coefficient (Wildman–Crippen LogP) is 3.15. The van der Waals surface area contributed by atoms with Crippen LogP contribution in [0.1, 0.15) is 51.8 Å². The quantitative estimate of drug-likeness (QED) is 0.840. The molecule has 1 fully saturated rings. The lowest BCUT2D eigenvalue weighted by molar-refractivity contribution is 0.169. The van der Waals surface area contributed by atoms with Gasteiger partial charge in [0.05, 0.1) is 23.7 Å². The van der Waals surface area contributed by atoms with Crippen LogP contribution in [0.5, 0.6) is 0 Å². The van der Waals surface area contributed by atoms with E-state index in [4.69, 9.17) is 0 Å². The van der Waals surface area contributed by atoms with E-state index in [2.05, 4.69) is 29.8 Å². The molecule has 1 N–H and O–H groups in total. The molecule has 3 heteroatoms. The fraction of sp³-hybridized carbons (Fsp3) is 0.667. The highest BCUT2D eigenvalue weighted by Crippen LogP contribution is 2.32. The lowest BCUT2D eigenvalue weighted by Gasteiger charge is -2.26. The maximum Gasteiger partial charge on any atom is 0.0957 e. The van der Waals surface area contributed by atoms with E-state index >= 15 is 0 Å². The monoisotopic (exact) mass is 248 g/mol. The number of aromatic nitrogens is 1. The first-order chi connectivity index (χ1) is 8.61. The average Bonchev–Trinajstić information content (AvgIpc) is 3.19. The van der Waals surface area contributed by atoms with Crippen LogP contribution in [0.2, 0.25) is 0 Å². The van der Waals surface area contributed by atoms with E-state index in [0.29, 0.717) is 18.4 Å². The summed E-state index contributed by atoms with van der Waals surface area (Å²) in [5.74, 6) is 0.659. The lowest BCUT2D eigenvalue weighted by Crippen LogP contribution is -2.29. The van der Waals surface area contributed by atoms with Crippen LogP contribution >= 0.6 is 0 Å². The number of aliphatic hydroxyl groups excluding tert-OH is 1. The van der Waals surface area contributed by atoms with E-state index in [1.54, 1.807) is 0 Å². The van der Waals surface area contributed by atoms with Crippen molar-refractivity contribution >= 4 is 5.69 Å². The Bertz CT molecular complexity index is 371. The molecular formula is C15H24N2O. The van der Waals surface area contributed by atoms with Crippen LogP contribution in [0, 0.1) is 5.92 Å². The fourth-order valence-electron chi connectivity index (χ4n) is 2.22. The summed E-state index contributed by atoms with van der Waals surface area (Å²) in [5, 5.41) is 9.75. The Kier molecular flexibility index (Phi) is 4.23. The number of pyridine rings is 1. The highest BCUT2D eigenvalue weighted by atomic mass is 16.3. The molecule has 1 aliphatic carbocycles. The minimum atomic E-state index is -0.432. The summed E-state index contributed by atoms with van der Waals surface area (Å²) in [6.07, 6.45) is 4.79. The molecule has 3 nitrogen and oxygen atoms in total. The van der Waals surface area contributed by atoms with Crippen LogP contribution in [0.15, 0.2) is 18.3 Å². The summed E-state index contributed by atoms with van der Waals surface area (Å²) in [5.41, 5.74) is 1.97. The zero-order valence-corrected chi connectivity index (χ0v) is 11.6. The molecule has 0 radical (unpaired) electrons. The van der Waals surface area contributed by atoms with Crippen molar-refractivity contribution in [1.82, 2.24) is 4.98 Å². The van der Waals surface area contributed by atoms with Crippen molar-refractivity contribution in [2.45, 2.75) is 52.2 Å². The number of hydrogen-bond donors (Lipinski definition) is 1. The Morgan fingerprint density at radius 1 is 1.39 bits per heavy atom. The van der Waals surface area contributed by atoms with Gasteiger partial charge in [0, 0.05) is 12.6 Å². The van der Waals surface area contributed by atoms with Crippen molar-refractivity contribution in [2.24, 2.45) is 5.92 Å². The summed E-state index contributed by atoms with van der Waals surface area (Å²) in [6.45, 7) is 7.55. The molecular weight excluding hydrogens is 224 g/mol. The van der Waals surface area contributed by atoms with E-state index in [1.165, 1.54) is 18.5 Å². The van der Waals surface area contributed by atoms with Gasteiger partial charge in [0.2, 0.25) is 0 Å². The molecule has 0 saturated heterocycles. The Labute approximate surface area is 110 Å². The van der Waals surface area contributed by atoms with Gasteiger partial charge in [-0.1, -0.05) is 20.8 Å². The van der Waals surface area contributed by atoms with Crippen molar-refractivity contribution in [3.63, 3.8) is 0 Å². The number of aliphatic hydroxyl groups is 1. The Hall–Kier alpha value is -1.09. The number of anilines is 1. The highest BCUT2D eigenvalue weighted by molar-refractivity contribution is 5.47. The highest BCUT2D eigenvalue weighted by Gasteiger charge is 2.29. The Morgan fingerprint density at radius 3 is 2.56 bits per heavy atom. The van der Waals surface area contributed by atoms with Crippen LogP contribution in [0.3, 0.4) is 0 Å². The third kappa shape index (κ3) is 3.22. The van der Waals surface area contributed by atoms with Gasteiger partial charge in [-0.3, -0.25) is 4.98 Å². The van der Waals surface area contributed by atoms with Gasteiger partial charge in [-0.15, -0.1) is 0 Å². The SMILES string of the molecule is CC[C@@H](O)c1ccc(N(CC(C)C)C2CC2)cn1. The molecule has 100 valence electrons. The summed E-state index contributed by atoms with van der Waals surface area (Å²) in [6, 6.07) is 4.76. The average molecular weight is 248 g/mol. The number of nitrogens with zero attached hydrogens (tertiary/aromatic N) is 2. The Balaban J connectivity index is 2.10. The van der Waals surface area contributed by atoms with E-state index in [0.717, 1.165) is 12.2 Å². The van der Waals surface area contributed by atoms with E-state index < -0.39 is 6.10 Å². The molecule has 1 heterocycles. The predicted molar refractivity (Wildman–Crippen MR) is 74.7 cm³/mol. The third-order valence-corrected chi connectivity index (χ3v) is 3.38. The topological polar surface area (TPSA) is 36.4 Å². The smallest absolute Gasteiger partial charge is 0.0957 e. The molecule has 0 bridgehead atoms. The van der Waals surface area contributed by atoms with Crippen LogP contribution < -0.4 is 4.90 Å². The molecule has 0 aliphatic heterocycles. The first-order valence-electron chi connectivity index (χ1n) is 7.02. The fourth-order valence-corrected chi connectivity index (χ4v) is 2.22. The molecule has 0 unspecified atom stereocenters. The Morgan fingerprint density at radius 2 is 2.11 bits per heavy atom. The molecule has 1 aromatic rings. The van der Waals surface area contributed by atoms with Gasteiger partial charge in [0.15, 0.2) is 0 Å². The molecule has 1 aromatic heterocycles. The van der Waals surface area contributed by atoms with Crippen LogP contribution in [-0.4, -0.2) is 22.7 Å². The van der Waals surface area contributed by atoms with Crippen LogP contribution in [0.4, 0.5) is 5.69 Å². The summed E-state index contributed by atoms with van der Waals surface area (Å²) in [7, 11) is 0. The van der Waals surface area contributed by atoms with E-state index in [9.17, 15) is 5.11 Å². The second kappa shape index (κ2) is 5.70. The number of rotatable bonds is 6. The third-order valence-electron chi connectivity index (χ3n) is 3.38. The first-order valence-corrected chi connectivity index (χ1v) is 7.02. The van der Waals surface area contributed by atoms with Gasteiger partial charge in [0.25, 0.3) is 0 Å². The van der Waals surface area contributed by atoms with E-state index in [-0.39, 0.29) is 0 Å². The molecule has 0 amide bonds. The molecule has 0 aromatic carbocycles. The van der Waals surface area contributed by atoms with Gasteiger partial charge < -0.3 is 10.0 Å². The second-order valence-electron chi connectivity index (χ2n) is 5.64. The largest absolute Gasteiger partial charge is 0.387 e. The van der Waals surface area contributed by atoms with Gasteiger partial charge in [-0.05, 0) is 37.3 Å². The van der Waals surface area contributed by atoms with Crippen molar-refractivity contribution < 1.29 is 5.11 Å². The molecule has 2 rings (SSSR count). The van der Waals surface area contributed by atoms with E-state index in [1.807, 2.05) is 19.2 Å². The maximum atomic E-state index is 9.75. The minimum Gasteiger partial charge on any atom is -0.387 e. The van der Waals surface area contributed by atoms with Gasteiger partial charge in [-0.25, -0.2) is 0 Å². The van der Waals surface area contributed by atoms with Crippen LogP contribution in [0.25, 0.3) is 0 Å². The molecule has 1 atom stereocenters. The summed E-state index contributed by atoms with van der Waals surface area (Å²) in [4.78, 5) is 6.85. The van der Waals surface area contributed by atoms with Gasteiger partial charge in [-0.2, -0.15) is 0 Å².